The monoisotopic (exact) mass is 390 g/mol. The van der Waals surface area contributed by atoms with Gasteiger partial charge in [-0.3, -0.25) is 0 Å². The van der Waals surface area contributed by atoms with Crippen LogP contribution in [0.25, 0.3) is 11.6 Å². The first-order valence-corrected chi connectivity index (χ1v) is 8.15. The van der Waals surface area contributed by atoms with E-state index in [1.807, 2.05) is 31.2 Å². The summed E-state index contributed by atoms with van der Waals surface area (Å²) in [4.78, 5) is 12.4. The van der Waals surface area contributed by atoms with Gasteiger partial charge >= 0.3 is 0 Å². The minimum atomic E-state index is -1.50. The average molecular weight is 391 g/mol. The van der Waals surface area contributed by atoms with Gasteiger partial charge in [0.05, 0.1) is 6.04 Å². The SMILES string of the molecule is CC(C(=Cc1ccc(Cl)cc1)c1ccc(F)cc1)n1cncn1.O=[N+]([O-])O. The molecular weight excluding hydrogens is 375 g/mol. The van der Waals surface area contributed by atoms with Crippen LogP contribution < -0.4 is 0 Å². The van der Waals surface area contributed by atoms with E-state index >= 15 is 0 Å². The number of hydrogen-bond donors (Lipinski definition) is 1. The van der Waals surface area contributed by atoms with Gasteiger partial charge in [-0.25, -0.2) is 14.1 Å². The van der Waals surface area contributed by atoms with E-state index in [-0.39, 0.29) is 11.9 Å². The second-order valence-corrected chi connectivity index (χ2v) is 5.88. The fraction of sp³-hybridized carbons (Fsp3) is 0.111. The zero-order valence-corrected chi connectivity index (χ0v) is 15.0. The second-order valence-electron chi connectivity index (χ2n) is 5.45. The van der Waals surface area contributed by atoms with Gasteiger partial charge in [-0.15, -0.1) is 10.1 Å². The first-order valence-electron chi connectivity index (χ1n) is 7.77. The molecule has 140 valence electrons. The summed E-state index contributed by atoms with van der Waals surface area (Å²) in [5, 5.41) is 18.5. The van der Waals surface area contributed by atoms with Crippen molar-refractivity contribution in [1.29, 1.82) is 0 Å². The van der Waals surface area contributed by atoms with Crippen LogP contribution in [0, 0.1) is 15.9 Å². The van der Waals surface area contributed by atoms with Crippen molar-refractivity contribution >= 4 is 23.3 Å². The standard InChI is InChI=1S/C18H15ClFN3.HNO3/c1-13(23-12-21-11-22-23)18(15-4-8-17(20)9-5-15)10-14-2-6-16(19)7-3-14;2-1(3)4/h2-13H,1H3;(H,2,3,4). The molecule has 0 aliphatic carbocycles. The maximum atomic E-state index is 13.2. The van der Waals surface area contributed by atoms with Crippen LogP contribution in [0.1, 0.15) is 24.1 Å². The quantitative estimate of drug-likeness (QED) is 0.401. The summed E-state index contributed by atoms with van der Waals surface area (Å²) < 4.78 is 15.0. The third kappa shape index (κ3) is 6.19. The van der Waals surface area contributed by atoms with Crippen LogP contribution in [0.4, 0.5) is 4.39 Å². The van der Waals surface area contributed by atoms with Gasteiger partial charge in [-0.1, -0.05) is 35.9 Å². The Morgan fingerprint density at radius 3 is 2.37 bits per heavy atom. The van der Waals surface area contributed by atoms with Crippen LogP contribution in [0.2, 0.25) is 5.02 Å². The number of allylic oxidation sites excluding steroid dienone is 1. The molecule has 0 radical (unpaired) electrons. The minimum Gasteiger partial charge on any atom is -0.328 e. The Balaban J connectivity index is 0.000000596. The fourth-order valence-electron chi connectivity index (χ4n) is 2.39. The molecule has 3 rings (SSSR count). The molecule has 27 heavy (non-hydrogen) atoms. The molecule has 1 heterocycles. The normalized spacial score (nSPS) is 12.0. The smallest absolute Gasteiger partial charge is 0.291 e. The van der Waals surface area contributed by atoms with Gasteiger partial charge in [0.2, 0.25) is 0 Å². The summed E-state index contributed by atoms with van der Waals surface area (Å²) in [6, 6.07) is 14.0. The van der Waals surface area contributed by atoms with Crippen LogP contribution in [-0.4, -0.2) is 25.1 Å². The number of hydrogen-bond acceptors (Lipinski definition) is 4. The molecule has 3 aromatic rings. The van der Waals surface area contributed by atoms with Crippen molar-refractivity contribution in [3.05, 3.63) is 93.3 Å². The number of aromatic nitrogens is 3. The Bertz CT molecular complexity index is 893. The van der Waals surface area contributed by atoms with Crippen molar-refractivity contribution in [3.8, 4) is 0 Å². The average Bonchev–Trinajstić information content (AvgIpc) is 3.16. The van der Waals surface area contributed by atoms with Gasteiger partial charge in [-0.05, 0) is 54.0 Å². The largest absolute Gasteiger partial charge is 0.328 e. The van der Waals surface area contributed by atoms with Crippen molar-refractivity contribution < 1.29 is 14.7 Å². The third-order valence-electron chi connectivity index (χ3n) is 3.65. The lowest BCUT2D eigenvalue weighted by atomic mass is 9.97. The van der Waals surface area contributed by atoms with Crippen molar-refractivity contribution in [3.63, 3.8) is 0 Å². The Labute approximate surface area is 159 Å². The molecule has 0 fully saturated rings. The Hall–Kier alpha value is -3.26. The molecule has 0 amide bonds. The molecule has 0 bridgehead atoms. The number of halogens is 2. The van der Waals surface area contributed by atoms with Gasteiger partial charge in [0, 0.05) is 5.02 Å². The molecule has 9 heteroatoms. The van der Waals surface area contributed by atoms with E-state index in [1.165, 1.54) is 18.5 Å². The molecule has 1 atom stereocenters. The maximum Gasteiger partial charge on any atom is 0.291 e. The maximum absolute atomic E-state index is 13.2. The van der Waals surface area contributed by atoms with E-state index in [9.17, 15) is 4.39 Å². The van der Waals surface area contributed by atoms with E-state index in [1.54, 1.807) is 23.1 Å². The lowest BCUT2D eigenvalue weighted by Gasteiger charge is -2.17. The van der Waals surface area contributed by atoms with E-state index in [4.69, 9.17) is 26.9 Å². The Morgan fingerprint density at radius 1 is 1.26 bits per heavy atom. The predicted molar refractivity (Wildman–Crippen MR) is 99.2 cm³/mol. The highest BCUT2D eigenvalue weighted by Crippen LogP contribution is 2.29. The van der Waals surface area contributed by atoms with Gasteiger partial charge in [-0.2, -0.15) is 5.10 Å². The van der Waals surface area contributed by atoms with E-state index in [2.05, 4.69) is 16.2 Å². The first-order chi connectivity index (χ1) is 12.9. The number of benzene rings is 2. The molecule has 7 nitrogen and oxygen atoms in total. The van der Waals surface area contributed by atoms with Crippen molar-refractivity contribution in [1.82, 2.24) is 14.8 Å². The Morgan fingerprint density at radius 2 is 1.85 bits per heavy atom. The fourth-order valence-corrected chi connectivity index (χ4v) is 2.51. The van der Waals surface area contributed by atoms with Crippen LogP contribution in [0.5, 0.6) is 0 Å². The highest BCUT2D eigenvalue weighted by molar-refractivity contribution is 6.30. The third-order valence-corrected chi connectivity index (χ3v) is 3.91. The topological polar surface area (TPSA) is 94.1 Å². The Kier molecular flexibility index (Phi) is 7.01. The zero-order chi connectivity index (χ0) is 19.8. The predicted octanol–water partition coefficient (Wildman–Crippen LogP) is 4.52. The van der Waals surface area contributed by atoms with E-state index in [0.29, 0.717) is 5.02 Å². The van der Waals surface area contributed by atoms with Gasteiger partial charge in [0.15, 0.2) is 0 Å². The molecule has 0 spiro atoms. The summed E-state index contributed by atoms with van der Waals surface area (Å²) in [5.41, 5.74) is 2.96. The first kappa shape index (κ1) is 20.1. The van der Waals surface area contributed by atoms with Crippen molar-refractivity contribution in [2.45, 2.75) is 13.0 Å². The summed E-state index contributed by atoms with van der Waals surface area (Å²) in [6.07, 6.45) is 5.22. The highest BCUT2D eigenvalue weighted by Gasteiger charge is 2.14. The molecule has 1 unspecified atom stereocenters. The van der Waals surface area contributed by atoms with Crippen molar-refractivity contribution in [2.24, 2.45) is 0 Å². The summed E-state index contributed by atoms with van der Waals surface area (Å²) in [7, 11) is 0. The van der Waals surface area contributed by atoms with Gasteiger partial charge < -0.3 is 5.21 Å². The molecule has 1 aromatic heterocycles. The molecule has 2 aromatic carbocycles. The van der Waals surface area contributed by atoms with E-state index in [0.717, 1.165) is 16.7 Å². The van der Waals surface area contributed by atoms with Gasteiger partial charge in [0.1, 0.15) is 18.5 Å². The van der Waals surface area contributed by atoms with Crippen molar-refractivity contribution in [2.75, 3.05) is 0 Å². The molecule has 0 aliphatic rings. The molecular formula is C18H16ClFN4O3. The second kappa shape index (κ2) is 9.44. The minimum absolute atomic E-state index is 0.0429. The summed E-state index contributed by atoms with van der Waals surface area (Å²) >= 11 is 5.94. The molecule has 0 aliphatic heterocycles. The molecule has 0 saturated heterocycles. The summed E-state index contributed by atoms with van der Waals surface area (Å²) in [5.74, 6) is -0.256. The number of nitrogens with zero attached hydrogens (tertiary/aromatic N) is 4. The number of rotatable bonds is 4. The lowest BCUT2D eigenvalue weighted by molar-refractivity contribution is -0.742. The summed E-state index contributed by atoms with van der Waals surface area (Å²) in [6.45, 7) is 2.03. The van der Waals surface area contributed by atoms with E-state index < -0.39 is 5.09 Å². The van der Waals surface area contributed by atoms with Gasteiger partial charge in [0.25, 0.3) is 5.09 Å². The van der Waals surface area contributed by atoms with Crippen LogP contribution in [0.15, 0.2) is 61.2 Å². The van der Waals surface area contributed by atoms with Crippen LogP contribution >= 0.6 is 11.6 Å². The van der Waals surface area contributed by atoms with Crippen LogP contribution in [-0.2, 0) is 0 Å². The lowest BCUT2D eigenvalue weighted by Crippen LogP contribution is -2.08. The zero-order valence-electron chi connectivity index (χ0n) is 14.2. The van der Waals surface area contributed by atoms with Crippen LogP contribution in [0.3, 0.4) is 0 Å². The molecule has 1 N–H and O–H groups in total. The molecule has 0 saturated carbocycles. The highest BCUT2D eigenvalue weighted by atomic mass is 35.5.